The lowest BCUT2D eigenvalue weighted by Gasteiger charge is -2.15. The number of methoxy groups -OCH3 is 1. The van der Waals surface area contributed by atoms with Crippen LogP contribution in [0.2, 0.25) is 0 Å². The van der Waals surface area contributed by atoms with Gasteiger partial charge in [-0.2, -0.15) is 0 Å². The van der Waals surface area contributed by atoms with E-state index >= 15 is 0 Å². The minimum Gasteiger partial charge on any atom is -0.493 e. The van der Waals surface area contributed by atoms with Crippen molar-refractivity contribution in [2.24, 2.45) is 0 Å². The number of hydrogen-bond acceptors (Lipinski definition) is 5. The van der Waals surface area contributed by atoms with E-state index in [4.69, 9.17) is 24.4 Å². The van der Waals surface area contributed by atoms with Gasteiger partial charge in [0.15, 0.2) is 17.6 Å². The van der Waals surface area contributed by atoms with Crippen molar-refractivity contribution in [1.29, 1.82) is 0 Å². The molecule has 0 aliphatic carbocycles. The van der Waals surface area contributed by atoms with Gasteiger partial charge in [0.25, 0.3) is 0 Å². The summed E-state index contributed by atoms with van der Waals surface area (Å²) >= 11 is 0. The van der Waals surface area contributed by atoms with Crippen molar-refractivity contribution in [3.05, 3.63) is 23.8 Å². The predicted molar refractivity (Wildman–Crippen MR) is 69.9 cm³/mol. The third-order valence-electron chi connectivity index (χ3n) is 3.22. The lowest BCUT2D eigenvalue weighted by molar-refractivity contribution is -0.149. The van der Waals surface area contributed by atoms with E-state index in [9.17, 15) is 4.79 Å². The monoisotopic (exact) mass is 282 g/mol. The molecule has 1 saturated heterocycles. The van der Waals surface area contributed by atoms with Crippen molar-refractivity contribution in [3.8, 4) is 11.5 Å². The molecule has 6 nitrogen and oxygen atoms in total. The Hall–Kier alpha value is -1.79. The molecular formula is C14H18O6. The van der Waals surface area contributed by atoms with E-state index in [1.54, 1.807) is 18.2 Å². The summed E-state index contributed by atoms with van der Waals surface area (Å²) in [4.78, 5) is 10.8. The number of benzene rings is 1. The van der Waals surface area contributed by atoms with E-state index in [0.29, 0.717) is 24.3 Å². The first-order chi connectivity index (χ1) is 9.63. The van der Waals surface area contributed by atoms with Gasteiger partial charge in [0.05, 0.1) is 19.8 Å². The first kappa shape index (κ1) is 14.6. The first-order valence-corrected chi connectivity index (χ1v) is 6.43. The van der Waals surface area contributed by atoms with E-state index < -0.39 is 12.1 Å². The Morgan fingerprint density at radius 2 is 2.20 bits per heavy atom. The van der Waals surface area contributed by atoms with E-state index in [0.717, 1.165) is 5.56 Å². The van der Waals surface area contributed by atoms with Crippen LogP contribution in [0.15, 0.2) is 18.2 Å². The van der Waals surface area contributed by atoms with Crippen molar-refractivity contribution < 1.29 is 29.2 Å². The van der Waals surface area contributed by atoms with Gasteiger partial charge in [-0.15, -0.1) is 0 Å². The smallest absolute Gasteiger partial charge is 0.332 e. The maximum atomic E-state index is 10.8. The van der Waals surface area contributed by atoms with Crippen LogP contribution < -0.4 is 9.47 Å². The standard InChI is InChI=1S/C14H18O6/c1-18-13-6-9(7-15)2-4-11(13)19-8-10-3-5-12(20-10)14(16)17/h2,4,6,10,12,15H,3,5,7-8H2,1H3,(H,16,17). The molecule has 0 bridgehead atoms. The fourth-order valence-electron chi connectivity index (χ4n) is 2.12. The number of aliphatic hydroxyl groups excluding tert-OH is 1. The summed E-state index contributed by atoms with van der Waals surface area (Å²) in [5.41, 5.74) is 0.734. The second kappa shape index (κ2) is 6.58. The first-order valence-electron chi connectivity index (χ1n) is 6.43. The van der Waals surface area contributed by atoms with Gasteiger partial charge in [0.2, 0.25) is 0 Å². The Kier molecular flexibility index (Phi) is 4.81. The summed E-state index contributed by atoms with van der Waals surface area (Å²) in [6.45, 7) is 0.210. The van der Waals surface area contributed by atoms with Crippen LogP contribution in [0, 0.1) is 0 Å². The highest BCUT2D eigenvalue weighted by Gasteiger charge is 2.30. The normalized spacial score (nSPS) is 21.7. The van der Waals surface area contributed by atoms with E-state index in [1.807, 2.05) is 0 Å². The summed E-state index contributed by atoms with van der Waals surface area (Å²) in [6.07, 6.45) is 0.207. The summed E-state index contributed by atoms with van der Waals surface area (Å²) in [6, 6.07) is 5.16. The van der Waals surface area contributed by atoms with Crippen molar-refractivity contribution in [2.45, 2.75) is 31.7 Å². The minimum absolute atomic E-state index is 0.0668. The maximum absolute atomic E-state index is 10.8. The van der Waals surface area contributed by atoms with Crippen LogP contribution in [0.5, 0.6) is 11.5 Å². The van der Waals surface area contributed by atoms with Gasteiger partial charge in [-0.05, 0) is 30.5 Å². The molecule has 0 amide bonds. The van der Waals surface area contributed by atoms with Crippen LogP contribution in [0.1, 0.15) is 18.4 Å². The number of rotatable bonds is 6. The molecule has 2 atom stereocenters. The Bertz CT molecular complexity index is 473. The molecule has 1 aliphatic rings. The summed E-state index contributed by atoms with van der Waals surface area (Å²) < 4.78 is 16.2. The van der Waals surface area contributed by atoms with Gasteiger partial charge in [0.1, 0.15) is 6.61 Å². The van der Waals surface area contributed by atoms with Gasteiger partial charge in [0, 0.05) is 0 Å². The molecule has 2 unspecified atom stereocenters. The maximum Gasteiger partial charge on any atom is 0.332 e. The molecular weight excluding hydrogens is 264 g/mol. The topological polar surface area (TPSA) is 85.2 Å². The SMILES string of the molecule is COc1cc(CO)ccc1OCC1CCC(C(=O)O)O1. The summed E-state index contributed by atoms with van der Waals surface area (Å²) in [5.74, 6) is 0.147. The fraction of sp³-hybridized carbons (Fsp3) is 0.500. The second-order valence-corrected chi connectivity index (χ2v) is 4.62. The average molecular weight is 282 g/mol. The highest BCUT2D eigenvalue weighted by atomic mass is 16.6. The molecule has 1 aliphatic heterocycles. The summed E-state index contributed by atoms with van der Waals surface area (Å²) in [5, 5.41) is 17.9. The molecule has 20 heavy (non-hydrogen) atoms. The largest absolute Gasteiger partial charge is 0.493 e. The number of hydrogen-bond donors (Lipinski definition) is 2. The third kappa shape index (κ3) is 3.40. The van der Waals surface area contributed by atoms with Crippen LogP contribution >= 0.6 is 0 Å². The molecule has 2 N–H and O–H groups in total. The molecule has 6 heteroatoms. The van der Waals surface area contributed by atoms with Gasteiger partial charge >= 0.3 is 5.97 Å². The number of carboxylic acid groups (broad SMARTS) is 1. The lowest BCUT2D eigenvalue weighted by atomic mass is 10.2. The zero-order valence-electron chi connectivity index (χ0n) is 11.2. The number of carboxylic acids is 1. The van der Waals surface area contributed by atoms with E-state index in [-0.39, 0.29) is 19.3 Å². The molecule has 1 heterocycles. The zero-order valence-corrected chi connectivity index (χ0v) is 11.2. The number of aliphatic carboxylic acids is 1. The molecule has 2 rings (SSSR count). The highest BCUT2D eigenvalue weighted by Crippen LogP contribution is 2.29. The van der Waals surface area contributed by atoms with Crippen LogP contribution in [0.3, 0.4) is 0 Å². The molecule has 0 saturated carbocycles. The molecule has 1 fully saturated rings. The Labute approximate surface area is 116 Å². The molecule has 0 radical (unpaired) electrons. The predicted octanol–water partition coefficient (Wildman–Crippen LogP) is 1.20. The van der Waals surface area contributed by atoms with Crippen LogP contribution in [0.25, 0.3) is 0 Å². The minimum atomic E-state index is -0.933. The average Bonchev–Trinajstić information content (AvgIpc) is 2.94. The fourth-order valence-corrected chi connectivity index (χ4v) is 2.12. The zero-order chi connectivity index (χ0) is 14.5. The van der Waals surface area contributed by atoms with Crippen LogP contribution in [-0.4, -0.2) is 42.1 Å². The van der Waals surface area contributed by atoms with Gasteiger partial charge in [-0.25, -0.2) is 4.79 Å². The number of aliphatic hydroxyl groups is 1. The van der Waals surface area contributed by atoms with E-state index in [1.165, 1.54) is 7.11 Å². The second-order valence-electron chi connectivity index (χ2n) is 4.62. The van der Waals surface area contributed by atoms with Gasteiger partial charge in [-0.3, -0.25) is 0 Å². The Balaban J connectivity index is 1.93. The molecule has 110 valence electrons. The number of carbonyl (C=O) groups is 1. The molecule has 1 aromatic carbocycles. The molecule has 0 aromatic heterocycles. The van der Waals surface area contributed by atoms with Gasteiger partial charge in [-0.1, -0.05) is 6.07 Å². The summed E-state index contributed by atoms with van der Waals surface area (Å²) in [7, 11) is 1.52. The molecule has 0 spiro atoms. The Morgan fingerprint density at radius 1 is 1.40 bits per heavy atom. The van der Waals surface area contributed by atoms with Crippen molar-refractivity contribution in [3.63, 3.8) is 0 Å². The van der Waals surface area contributed by atoms with Crippen molar-refractivity contribution in [1.82, 2.24) is 0 Å². The molecule has 1 aromatic rings. The lowest BCUT2D eigenvalue weighted by Crippen LogP contribution is -2.23. The van der Waals surface area contributed by atoms with E-state index in [2.05, 4.69) is 0 Å². The van der Waals surface area contributed by atoms with Crippen molar-refractivity contribution >= 4 is 5.97 Å². The van der Waals surface area contributed by atoms with Crippen LogP contribution in [0.4, 0.5) is 0 Å². The Morgan fingerprint density at radius 3 is 2.80 bits per heavy atom. The number of ether oxygens (including phenoxy) is 3. The highest BCUT2D eigenvalue weighted by molar-refractivity contribution is 5.72. The third-order valence-corrected chi connectivity index (χ3v) is 3.22. The van der Waals surface area contributed by atoms with Gasteiger partial charge < -0.3 is 24.4 Å². The quantitative estimate of drug-likeness (QED) is 0.815. The van der Waals surface area contributed by atoms with Crippen LogP contribution in [-0.2, 0) is 16.1 Å². The van der Waals surface area contributed by atoms with Crippen molar-refractivity contribution in [2.75, 3.05) is 13.7 Å².